The van der Waals surface area contributed by atoms with Crippen molar-refractivity contribution in [1.29, 1.82) is 0 Å². The van der Waals surface area contributed by atoms with E-state index >= 15 is 0 Å². The Hall–Kier alpha value is -1.25. The van der Waals surface area contributed by atoms with Crippen LogP contribution in [-0.4, -0.2) is 18.2 Å². The maximum atomic E-state index is 5.38. The molecule has 1 aromatic heterocycles. The van der Waals surface area contributed by atoms with Crippen molar-refractivity contribution in [3.05, 3.63) is 17.8 Å². The van der Waals surface area contributed by atoms with E-state index in [1.807, 2.05) is 12.3 Å². The predicted octanol–water partition coefficient (Wildman–Crippen LogP) is 1.42. The third kappa shape index (κ3) is 1.22. The van der Waals surface area contributed by atoms with E-state index in [4.69, 9.17) is 9.47 Å². The molecule has 0 saturated heterocycles. The third-order valence-electron chi connectivity index (χ3n) is 1.86. The molecule has 3 nitrogen and oxygen atoms in total. The first kappa shape index (κ1) is 7.40. The van der Waals surface area contributed by atoms with E-state index in [1.165, 1.54) is 5.56 Å². The largest absolute Gasteiger partial charge is 0.484 e. The lowest BCUT2D eigenvalue weighted by atomic mass is 10.2. The Bertz CT molecular complexity index is 286. The van der Waals surface area contributed by atoms with Crippen molar-refractivity contribution in [2.45, 2.75) is 13.3 Å². The molecule has 0 aromatic carbocycles. The lowest BCUT2D eigenvalue weighted by molar-refractivity contribution is 0.164. The van der Waals surface area contributed by atoms with E-state index < -0.39 is 0 Å². The van der Waals surface area contributed by atoms with Gasteiger partial charge in [0.15, 0.2) is 5.75 Å². The topological polar surface area (TPSA) is 31.4 Å². The minimum atomic E-state index is 0.603. The molecule has 1 aromatic rings. The zero-order valence-corrected chi connectivity index (χ0v) is 7.04. The molecule has 0 fully saturated rings. The molecule has 0 N–H and O–H groups in total. The molecular formula is C9H11NO2. The van der Waals surface area contributed by atoms with E-state index in [2.05, 4.69) is 11.9 Å². The molecule has 2 heterocycles. The summed E-state index contributed by atoms with van der Waals surface area (Å²) in [6, 6.07) is 1.99. The second kappa shape index (κ2) is 3.01. The van der Waals surface area contributed by atoms with Gasteiger partial charge in [-0.15, -0.1) is 0 Å². The average Bonchev–Trinajstić information content (AvgIpc) is 2.17. The van der Waals surface area contributed by atoms with Crippen molar-refractivity contribution >= 4 is 0 Å². The fraction of sp³-hybridized carbons (Fsp3) is 0.444. The summed E-state index contributed by atoms with van der Waals surface area (Å²) in [5.74, 6) is 1.40. The van der Waals surface area contributed by atoms with Crippen LogP contribution in [0.15, 0.2) is 12.3 Å². The van der Waals surface area contributed by atoms with Crippen LogP contribution in [0, 0.1) is 0 Å². The smallest absolute Gasteiger partial charge is 0.257 e. The predicted molar refractivity (Wildman–Crippen MR) is 44.6 cm³/mol. The molecule has 64 valence electrons. The Morgan fingerprint density at radius 2 is 2.25 bits per heavy atom. The van der Waals surface area contributed by atoms with Crippen molar-refractivity contribution in [3.63, 3.8) is 0 Å². The van der Waals surface area contributed by atoms with Gasteiger partial charge in [-0.1, -0.05) is 6.92 Å². The van der Waals surface area contributed by atoms with Gasteiger partial charge in [0.25, 0.3) is 5.88 Å². The van der Waals surface area contributed by atoms with Crippen LogP contribution < -0.4 is 9.47 Å². The van der Waals surface area contributed by atoms with Crippen LogP contribution in [0.25, 0.3) is 0 Å². The first-order valence-corrected chi connectivity index (χ1v) is 4.14. The van der Waals surface area contributed by atoms with Gasteiger partial charge in [0.2, 0.25) is 0 Å². The molecule has 2 rings (SSSR count). The van der Waals surface area contributed by atoms with Gasteiger partial charge >= 0.3 is 0 Å². The summed E-state index contributed by atoms with van der Waals surface area (Å²) < 4.78 is 10.7. The van der Waals surface area contributed by atoms with Gasteiger partial charge in [-0.3, -0.25) is 0 Å². The zero-order chi connectivity index (χ0) is 8.39. The SMILES string of the molecule is CCc1cnc2c(c1)OCCO2. The summed E-state index contributed by atoms with van der Waals surface area (Å²) in [6.07, 6.45) is 2.80. The summed E-state index contributed by atoms with van der Waals surface area (Å²) in [5.41, 5.74) is 1.18. The molecule has 1 aliphatic rings. The first-order valence-electron chi connectivity index (χ1n) is 4.14. The highest BCUT2D eigenvalue weighted by atomic mass is 16.6. The minimum Gasteiger partial charge on any atom is -0.484 e. The van der Waals surface area contributed by atoms with Crippen LogP contribution in [0.2, 0.25) is 0 Å². The molecule has 1 aliphatic heterocycles. The Morgan fingerprint density at radius 1 is 1.42 bits per heavy atom. The molecule has 0 unspecified atom stereocenters. The standard InChI is InChI=1S/C9H11NO2/c1-2-7-5-8-9(10-6-7)12-4-3-11-8/h5-6H,2-4H2,1H3. The van der Waals surface area contributed by atoms with Gasteiger partial charge < -0.3 is 9.47 Å². The van der Waals surface area contributed by atoms with E-state index in [-0.39, 0.29) is 0 Å². The summed E-state index contributed by atoms with van der Waals surface area (Å²) in [5, 5.41) is 0. The average molecular weight is 165 g/mol. The number of ether oxygens (including phenoxy) is 2. The number of aryl methyl sites for hydroxylation is 1. The number of hydrogen-bond donors (Lipinski definition) is 0. The highest BCUT2D eigenvalue weighted by molar-refractivity contribution is 5.37. The molecule has 12 heavy (non-hydrogen) atoms. The number of aromatic nitrogens is 1. The van der Waals surface area contributed by atoms with Gasteiger partial charge in [0.05, 0.1) is 0 Å². The van der Waals surface area contributed by atoms with E-state index in [9.17, 15) is 0 Å². The number of rotatable bonds is 1. The van der Waals surface area contributed by atoms with Gasteiger partial charge in [0.1, 0.15) is 13.2 Å². The number of pyridine rings is 1. The summed E-state index contributed by atoms with van der Waals surface area (Å²) in [6.45, 7) is 3.32. The van der Waals surface area contributed by atoms with Crippen LogP contribution in [0.5, 0.6) is 11.6 Å². The highest BCUT2D eigenvalue weighted by Gasteiger charge is 2.12. The lowest BCUT2D eigenvalue weighted by Gasteiger charge is -2.17. The first-order chi connectivity index (χ1) is 5.90. The van der Waals surface area contributed by atoms with E-state index in [0.29, 0.717) is 19.1 Å². The molecule has 0 atom stereocenters. The molecule has 0 aliphatic carbocycles. The molecule has 0 spiro atoms. The number of hydrogen-bond acceptors (Lipinski definition) is 3. The van der Waals surface area contributed by atoms with Crippen molar-refractivity contribution in [1.82, 2.24) is 4.98 Å². The molecule has 0 bridgehead atoms. The molecule has 0 radical (unpaired) electrons. The summed E-state index contributed by atoms with van der Waals surface area (Å²) in [4.78, 5) is 4.14. The van der Waals surface area contributed by atoms with Crippen LogP contribution in [0.3, 0.4) is 0 Å². The lowest BCUT2D eigenvalue weighted by Crippen LogP contribution is -2.16. The van der Waals surface area contributed by atoms with E-state index in [0.717, 1.165) is 12.2 Å². The van der Waals surface area contributed by atoms with Gasteiger partial charge in [-0.25, -0.2) is 4.98 Å². The maximum absolute atomic E-state index is 5.38. The Balaban J connectivity index is 2.36. The van der Waals surface area contributed by atoms with Crippen LogP contribution in [-0.2, 0) is 6.42 Å². The Labute approximate surface area is 71.3 Å². The van der Waals surface area contributed by atoms with Gasteiger partial charge in [-0.2, -0.15) is 0 Å². The fourth-order valence-corrected chi connectivity index (χ4v) is 1.17. The Kier molecular flexibility index (Phi) is 1.86. The highest BCUT2D eigenvalue weighted by Crippen LogP contribution is 2.27. The van der Waals surface area contributed by atoms with Gasteiger partial charge in [0, 0.05) is 6.20 Å². The fourth-order valence-electron chi connectivity index (χ4n) is 1.17. The number of fused-ring (bicyclic) bond motifs is 1. The van der Waals surface area contributed by atoms with Crippen LogP contribution >= 0.6 is 0 Å². The summed E-state index contributed by atoms with van der Waals surface area (Å²) >= 11 is 0. The van der Waals surface area contributed by atoms with Crippen LogP contribution in [0.4, 0.5) is 0 Å². The number of nitrogens with zero attached hydrogens (tertiary/aromatic N) is 1. The molecular weight excluding hydrogens is 154 g/mol. The second-order valence-electron chi connectivity index (χ2n) is 2.70. The molecule has 0 amide bonds. The zero-order valence-electron chi connectivity index (χ0n) is 7.04. The van der Waals surface area contributed by atoms with Crippen LogP contribution in [0.1, 0.15) is 12.5 Å². The molecule has 0 saturated carbocycles. The van der Waals surface area contributed by atoms with Crippen molar-refractivity contribution < 1.29 is 9.47 Å². The maximum Gasteiger partial charge on any atom is 0.257 e. The quantitative estimate of drug-likeness (QED) is 0.630. The Morgan fingerprint density at radius 3 is 3.08 bits per heavy atom. The minimum absolute atomic E-state index is 0.603. The monoisotopic (exact) mass is 165 g/mol. The third-order valence-corrected chi connectivity index (χ3v) is 1.86. The van der Waals surface area contributed by atoms with Crippen molar-refractivity contribution in [2.75, 3.05) is 13.2 Å². The van der Waals surface area contributed by atoms with E-state index in [1.54, 1.807) is 0 Å². The van der Waals surface area contributed by atoms with Crippen molar-refractivity contribution in [3.8, 4) is 11.6 Å². The van der Waals surface area contributed by atoms with Crippen molar-refractivity contribution in [2.24, 2.45) is 0 Å². The second-order valence-corrected chi connectivity index (χ2v) is 2.70. The summed E-state index contributed by atoms with van der Waals surface area (Å²) in [7, 11) is 0. The normalized spacial score (nSPS) is 14.4. The molecule has 3 heteroatoms. The van der Waals surface area contributed by atoms with Gasteiger partial charge in [-0.05, 0) is 18.1 Å².